The molecular formula is C5H14NO5S+. The van der Waals surface area contributed by atoms with Crippen LogP contribution in [0.15, 0.2) is 0 Å². The van der Waals surface area contributed by atoms with Gasteiger partial charge in [0.05, 0.1) is 28.3 Å². The van der Waals surface area contributed by atoms with Crippen LogP contribution in [0.5, 0.6) is 0 Å². The summed E-state index contributed by atoms with van der Waals surface area (Å²) in [6.45, 7) is 0. The molecule has 74 valence electrons. The lowest BCUT2D eigenvalue weighted by Gasteiger charge is -2.11. The number of carbonyl (C=O) groups is 1. The fourth-order valence-electron chi connectivity index (χ4n) is 0. The van der Waals surface area contributed by atoms with E-state index in [1.54, 1.807) is 0 Å². The Bertz CT molecular complexity index is 214. The van der Waals surface area contributed by atoms with Crippen molar-refractivity contribution in [1.29, 1.82) is 0 Å². The number of amides is 1. The molecule has 6 nitrogen and oxygen atoms in total. The number of hydrogen-bond donors (Lipinski definition) is 1. The fourth-order valence-corrected chi connectivity index (χ4v) is 0. The van der Waals surface area contributed by atoms with Gasteiger partial charge in [0.15, 0.2) is 0 Å². The van der Waals surface area contributed by atoms with Crippen molar-refractivity contribution in [3.05, 3.63) is 0 Å². The lowest BCUT2D eigenvalue weighted by molar-refractivity contribution is -0.782. The first-order chi connectivity index (χ1) is 5.12. The van der Waals surface area contributed by atoms with Gasteiger partial charge in [-0.15, -0.1) is 0 Å². The Kier molecular flexibility index (Phi) is 6.09. The minimum Gasteiger partial charge on any atom is -0.270 e. The lowest BCUT2D eigenvalue weighted by atomic mass is 10.8. The Morgan fingerprint density at radius 2 is 1.50 bits per heavy atom. The molecule has 0 heterocycles. The largest absolute Gasteiger partial charge is 0.397 e. The molecule has 0 rings (SSSR count). The molecule has 0 bridgehead atoms. The number of hydrogen-bond acceptors (Lipinski definition) is 4. The van der Waals surface area contributed by atoms with E-state index in [4.69, 9.17) is 4.55 Å². The standard InChI is InChI=1S/C4H10NO.CH4O4S/c1-5(2,3)4-6;1-5-6(2,3)4/h4H,1-3H3;1H3,(H,2,3,4)/q+1;. The molecule has 0 aliphatic carbocycles. The highest BCUT2D eigenvalue weighted by Gasteiger charge is 1.99. The minimum atomic E-state index is -4.16. The van der Waals surface area contributed by atoms with E-state index in [0.29, 0.717) is 4.48 Å². The summed E-state index contributed by atoms with van der Waals surface area (Å²) in [5.41, 5.74) is 0. The Morgan fingerprint density at radius 3 is 1.50 bits per heavy atom. The first-order valence-electron chi connectivity index (χ1n) is 2.93. The third-order valence-corrected chi connectivity index (χ3v) is 0.948. The highest BCUT2D eigenvalue weighted by molar-refractivity contribution is 7.80. The third-order valence-electron chi connectivity index (χ3n) is 0.527. The number of carbonyl (C=O) groups excluding carboxylic acids is 1. The van der Waals surface area contributed by atoms with Crippen molar-refractivity contribution in [2.75, 3.05) is 28.3 Å². The second-order valence-corrected chi connectivity index (χ2v) is 4.00. The lowest BCUT2D eigenvalue weighted by Crippen LogP contribution is -2.31. The number of quaternary nitrogens is 1. The predicted octanol–water partition coefficient (Wildman–Crippen LogP) is -0.715. The summed E-state index contributed by atoms with van der Waals surface area (Å²) in [4.78, 5) is 9.80. The van der Waals surface area contributed by atoms with Crippen molar-refractivity contribution in [1.82, 2.24) is 0 Å². The molecule has 0 aromatic heterocycles. The zero-order valence-corrected chi connectivity index (χ0v) is 8.33. The van der Waals surface area contributed by atoms with Gasteiger partial charge in [0, 0.05) is 0 Å². The molecule has 0 aromatic carbocycles. The van der Waals surface area contributed by atoms with Gasteiger partial charge < -0.3 is 0 Å². The molecular weight excluding hydrogens is 186 g/mol. The van der Waals surface area contributed by atoms with Gasteiger partial charge >= 0.3 is 16.8 Å². The SMILES string of the molecule is COS(=O)(=O)O.C[N+](C)(C)C=O. The molecule has 0 saturated carbocycles. The van der Waals surface area contributed by atoms with Gasteiger partial charge in [0.1, 0.15) is 0 Å². The van der Waals surface area contributed by atoms with Gasteiger partial charge in [-0.2, -0.15) is 8.42 Å². The Morgan fingerprint density at radius 1 is 1.33 bits per heavy atom. The van der Waals surface area contributed by atoms with Crippen LogP contribution in [0.25, 0.3) is 0 Å². The molecule has 0 radical (unpaired) electrons. The highest BCUT2D eigenvalue weighted by atomic mass is 32.3. The molecule has 12 heavy (non-hydrogen) atoms. The number of rotatable bonds is 2. The molecule has 0 unspecified atom stereocenters. The molecule has 0 aliphatic heterocycles. The molecule has 0 saturated heterocycles. The van der Waals surface area contributed by atoms with E-state index in [1.807, 2.05) is 21.1 Å². The Labute approximate surface area is 72.3 Å². The van der Waals surface area contributed by atoms with Crippen molar-refractivity contribution in [2.45, 2.75) is 0 Å². The Hall–Kier alpha value is -0.500. The summed E-state index contributed by atoms with van der Waals surface area (Å²) in [5.74, 6) is 0. The monoisotopic (exact) mass is 200 g/mol. The molecule has 0 aromatic rings. The van der Waals surface area contributed by atoms with Crippen LogP contribution in [-0.2, 0) is 19.4 Å². The molecule has 1 amide bonds. The molecule has 0 atom stereocenters. The minimum absolute atomic E-state index is 0.389. The van der Waals surface area contributed by atoms with Crippen LogP contribution < -0.4 is 0 Å². The maximum absolute atomic E-state index is 9.80. The summed E-state index contributed by atoms with van der Waals surface area (Å²) in [6, 6.07) is 0. The predicted molar refractivity (Wildman–Crippen MR) is 42.7 cm³/mol. The molecule has 1 N–H and O–H groups in total. The van der Waals surface area contributed by atoms with Gasteiger partial charge in [0.25, 0.3) is 0 Å². The molecule has 7 heteroatoms. The van der Waals surface area contributed by atoms with Crippen LogP contribution in [0.4, 0.5) is 0 Å². The second kappa shape index (κ2) is 5.20. The van der Waals surface area contributed by atoms with Crippen molar-refractivity contribution in [3.63, 3.8) is 0 Å². The third kappa shape index (κ3) is 22.7. The van der Waals surface area contributed by atoms with E-state index in [9.17, 15) is 13.2 Å². The first kappa shape index (κ1) is 14.0. The molecule has 0 aliphatic rings. The van der Waals surface area contributed by atoms with Crippen molar-refractivity contribution >= 4 is 16.8 Å². The van der Waals surface area contributed by atoms with Crippen LogP contribution in [-0.4, -0.2) is 52.1 Å². The average molecular weight is 200 g/mol. The van der Waals surface area contributed by atoms with Crippen molar-refractivity contribution < 1.29 is 26.4 Å². The van der Waals surface area contributed by atoms with Crippen LogP contribution in [0.1, 0.15) is 0 Å². The smallest absolute Gasteiger partial charge is 0.270 e. The summed E-state index contributed by atoms with van der Waals surface area (Å²) < 4.78 is 30.1. The summed E-state index contributed by atoms with van der Waals surface area (Å²) in [6.07, 6.45) is 0.875. The van der Waals surface area contributed by atoms with E-state index in [1.165, 1.54) is 0 Å². The van der Waals surface area contributed by atoms with E-state index in [2.05, 4.69) is 4.18 Å². The van der Waals surface area contributed by atoms with Gasteiger partial charge in [-0.1, -0.05) is 0 Å². The molecule has 0 fully saturated rings. The fraction of sp³-hybridized carbons (Fsp3) is 0.800. The van der Waals surface area contributed by atoms with Crippen LogP contribution in [0.2, 0.25) is 0 Å². The van der Waals surface area contributed by atoms with E-state index in [0.717, 1.165) is 13.5 Å². The van der Waals surface area contributed by atoms with Gasteiger partial charge in [-0.25, -0.2) is 4.79 Å². The van der Waals surface area contributed by atoms with Crippen LogP contribution in [0.3, 0.4) is 0 Å². The van der Waals surface area contributed by atoms with E-state index < -0.39 is 10.4 Å². The van der Waals surface area contributed by atoms with Crippen LogP contribution >= 0.6 is 0 Å². The summed E-state index contributed by atoms with van der Waals surface area (Å²) in [5, 5.41) is 0. The number of nitrogens with zero attached hydrogens (tertiary/aromatic N) is 1. The first-order valence-corrected chi connectivity index (χ1v) is 4.29. The highest BCUT2D eigenvalue weighted by Crippen LogP contribution is 1.76. The second-order valence-electron chi connectivity index (χ2n) is 2.82. The van der Waals surface area contributed by atoms with Crippen molar-refractivity contribution in [2.24, 2.45) is 0 Å². The Balaban J connectivity index is 0. The zero-order chi connectivity index (χ0) is 10.4. The van der Waals surface area contributed by atoms with Crippen molar-refractivity contribution in [3.8, 4) is 0 Å². The maximum Gasteiger partial charge on any atom is 0.397 e. The normalized spacial score (nSPS) is 11.4. The summed E-state index contributed by atoms with van der Waals surface area (Å²) >= 11 is 0. The summed E-state index contributed by atoms with van der Waals surface area (Å²) in [7, 11) is 2.15. The van der Waals surface area contributed by atoms with Crippen LogP contribution in [0, 0.1) is 0 Å². The maximum atomic E-state index is 9.80. The topological polar surface area (TPSA) is 80.7 Å². The van der Waals surface area contributed by atoms with E-state index in [-0.39, 0.29) is 0 Å². The quantitative estimate of drug-likeness (QED) is 0.361. The zero-order valence-electron chi connectivity index (χ0n) is 7.51. The van der Waals surface area contributed by atoms with Gasteiger partial charge in [0.2, 0.25) is 0 Å². The van der Waals surface area contributed by atoms with Gasteiger partial charge in [-0.3, -0.25) is 13.2 Å². The van der Waals surface area contributed by atoms with E-state index >= 15 is 0 Å². The van der Waals surface area contributed by atoms with Gasteiger partial charge in [-0.05, 0) is 0 Å². The average Bonchev–Trinajstić information content (AvgIpc) is 1.86. The molecule has 0 spiro atoms.